The van der Waals surface area contributed by atoms with E-state index in [0.29, 0.717) is 19.4 Å². The van der Waals surface area contributed by atoms with Crippen LogP contribution in [0.3, 0.4) is 0 Å². The molecule has 29 heavy (non-hydrogen) atoms. The first-order chi connectivity index (χ1) is 13.5. The standard InChI is InChI=1S/C17H28N4O7S/c1-8(2)13(15(25)19-10(17(27)28)6-12(22)23)20-14(24)11-4-3-5-21(11)16(26)9(18)7-29/h8-11,13,29H,3-7,18H2,1-2H3,(H,19,25)(H,20,24)(H,22,23)(H,27,28). The fourth-order valence-corrected chi connectivity index (χ4v) is 3.17. The van der Waals surface area contributed by atoms with Crippen molar-refractivity contribution in [2.45, 2.75) is 57.3 Å². The summed E-state index contributed by atoms with van der Waals surface area (Å²) in [5, 5.41) is 22.6. The summed E-state index contributed by atoms with van der Waals surface area (Å²) in [4.78, 5) is 60.9. The summed E-state index contributed by atoms with van der Waals surface area (Å²) in [6.45, 7) is 3.65. The Kier molecular flexibility index (Phi) is 9.37. The molecule has 11 nitrogen and oxygen atoms in total. The van der Waals surface area contributed by atoms with Gasteiger partial charge in [-0.15, -0.1) is 0 Å². The van der Waals surface area contributed by atoms with Crippen molar-refractivity contribution in [1.82, 2.24) is 15.5 Å². The highest BCUT2D eigenvalue weighted by atomic mass is 32.1. The highest BCUT2D eigenvalue weighted by molar-refractivity contribution is 7.80. The first kappa shape index (κ1) is 24.7. The predicted octanol–water partition coefficient (Wildman–Crippen LogP) is -1.58. The second-order valence-corrected chi connectivity index (χ2v) is 7.57. The molecule has 1 rings (SSSR count). The molecule has 1 aliphatic heterocycles. The van der Waals surface area contributed by atoms with Gasteiger partial charge >= 0.3 is 11.9 Å². The van der Waals surface area contributed by atoms with E-state index in [1.165, 1.54) is 4.90 Å². The largest absolute Gasteiger partial charge is 0.481 e. The monoisotopic (exact) mass is 432 g/mol. The van der Waals surface area contributed by atoms with Crippen molar-refractivity contribution >= 4 is 42.3 Å². The Hall–Kier alpha value is -2.34. The third-order valence-corrected chi connectivity index (χ3v) is 4.99. The van der Waals surface area contributed by atoms with Gasteiger partial charge in [0.05, 0.1) is 12.5 Å². The van der Waals surface area contributed by atoms with Gasteiger partial charge in [0.1, 0.15) is 18.1 Å². The zero-order valence-corrected chi connectivity index (χ0v) is 17.2. The second-order valence-electron chi connectivity index (χ2n) is 7.21. The maximum Gasteiger partial charge on any atom is 0.326 e. The predicted molar refractivity (Wildman–Crippen MR) is 105 cm³/mol. The lowest BCUT2D eigenvalue weighted by atomic mass is 10.0. The summed E-state index contributed by atoms with van der Waals surface area (Å²) < 4.78 is 0. The molecule has 164 valence electrons. The average molecular weight is 432 g/mol. The van der Waals surface area contributed by atoms with E-state index in [4.69, 9.17) is 15.9 Å². The van der Waals surface area contributed by atoms with Crippen LogP contribution >= 0.6 is 12.6 Å². The summed E-state index contributed by atoms with van der Waals surface area (Å²) in [6, 6.07) is -4.37. The Morgan fingerprint density at radius 1 is 1.17 bits per heavy atom. The van der Waals surface area contributed by atoms with Gasteiger partial charge in [0.15, 0.2) is 0 Å². The van der Waals surface area contributed by atoms with Gasteiger partial charge in [0.2, 0.25) is 17.7 Å². The molecule has 0 aromatic heterocycles. The average Bonchev–Trinajstić information content (AvgIpc) is 3.12. The molecule has 1 saturated heterocycles. The summed E-state index contributed by atoms with van der Waals surface area (Å²) in [5.74, 6) is -4.95. The number of likely N-dealkylation sites (tertiary alicyclic amines) is 1. The number of nitrogens with zero attached hydrogens (tertiary/aromatic N) is 1. The van der Waals surface area contributed by atoms with Crippen LogP contribution in [0.5, 0.6) is 0 Å². The number of nitrogens with two attached hydrogens (primary N) is 1. The number of amides is 3. The Bertz CT molecular complexity index is 658. The maximum absolute atomic E-state index is 12.7. The van der Waals surface area contributed by atoms with Gasteiger partial charge < -0.3 is 31.5 Å². The van der Waals surface area contributed by atoms with Crippen LogP contribution in [0.25, 0.3) is 0 Å². The molecule has 0 spiro atoms. The lowest BCUT2D eigenvalue weighted by Crippen LogP contribution is -2.58. The Labute approximate surface area is 173 Å². The molecule has 4 unspecified atom stereocenters. The van der Waals surface area contributed by atoms with Gasteiger partial charge in [-0.05, 0) is 18.8 Å². The second kappa shape index (κ2) is 11.0. The van der Waals surface area contributed by atoms with Crippen LogP contribution in [0, 0.1) is 5.92 Å². The van der Waals surface area contributed by atoms with Crippen molar-refractivity contribution in [2.24, 2.45) is 11.7 Å². The first-order valence-electron chi connectivity index (χ1n) is 9.21. The van der Waals surface area contributed by atoms with Crippen molar-refractivity contribution in [3.05, 3.63) is 0 Å². The first-order valence-corrected chi connectivity index (χ1v) is 9.85. The van der Waals surface area contributed by atoms with Gasteiger partial charge in [-0.2, -0.15) is 12.6 Å². The fourth-order valence-electron chi connectivity index (χ4n) is 3.01. The molecule has 0 aliphatic carbocycles. The quantitative estimate of drug-likeness (QED) is 0.224. The van der Waals surface area contributed by atoms with E-state index in [1.807, 2.05) is 0 Å². The van der Waals surface area contributed by atoms with Gasteiger partial charge in [-0.3, -0.25) is 19.2 Å². The zero-order chi connectivity index (χ0) is 22.3. The van der Waals surface area contributed by atoms with Crippen LogP contribution < -0.4 is 16.4 Å². The van der Waals surface area contributed by atoms with Crippen LogP contribution in [0.2, 0.25) is 0 Å². The van der Waals surface area contributed by atoms with Crippen LogP contribution in [0.4, 0.5) is 0 Å². The number of carbonyl (C=O) groups excluding carboxylic acids is 3. The van der Waals surface area contributed by atoms with E-state index >= 15 is 0 Å². The molecule has 1 aliphatic rings. The molecule has 4 atom stereocenters. The van der Waals surface area contributed by atoms with Crippen LogP contribution in [-0.4, -0.2) is 81.2 Å². The lowest BCUT2D eigenvalue weighted by Gasteiger charge is -2.29. The van der Waals surface area contributed by atoms with E-state index in [9.17, 15) is 24.0 Å². The zero-order valence-electron chi connectivity index (χ0n) is 16.3. The smallest absolute Gasteiger partial charge is 0.326 e. The number of carbonyl (C=O) groups is 5. The fraction of sp³-hybridized carbons (Fsp3) is 0.706. The van der Waals surface area contributed by atoms with E-state index in [1.54, 1.807) is 13.8 Å². The third kappa shape index (κ3) is 6.89. The SMILES string of the molecule is CC(C)C(NC(=O)C1CCCN1C(=O)C(N)CS)C(=O)NC(CC(=O)O)C(=O)O. The Balaban J connectivity index is 2.88. The highest BCUT2D eigenvalue weighted by Crippen LogP contribution is 2.19. The number of carboxylic acid groups (broad SMARTS) is 2. The molecule has 0 radical (unpaired) electrons. The molecule has 3 amide bonds. The van der Waals surface area contributed by atoms with Crippen LogP contribution in [-0.2, 0) is 24.0 Å². The van der Waals surface area contributed by atoms with Gasteiger partial charge in [0.25, 0.3) is 0 Å². The topological polar surface area (TPSA) is 179 Å². The molecule has 0 bridgehead atoms. The number of rotatable bonds is 10. The minimum Gasteiger partial charge on any atom is -0.481 e. The molecule has 6 N–H and O–H groups in total. The highest BCUT2D eigenvalue weighted by Gasteiger charge is 2.38. The number of hydrogen-bond acceptors (Lipinski definition) is 7. The number of aliphatic carboxylic acids is 2. The number of thiol groups is 1. The molecule has 0 saturated carbocycles. The van der Waals surface area contributed by atoms with Crippen molar-refractivity contribution in [3.63, 3.8) is 0 Å². The molecule has 1 fully saturated rings. The number of carboxylic acids is 2. The van der Waals surface area contributed by atoms with Crippen LogP contribution in [0.15, 0.2) is 0 Å². The van der Waals surface area contributed by atoms with Crippen molar-refractivity contribution in [2.75, 3.05) is 12.3 Å². The normalized spacial score (nSPS) is 19.3. The minimum atomic E-state index is -1.63. The third-order valence-electron chi connectivity index (χ3n) is 4.59. The van der Waals surface area contributed by atoms with E-state index in [0.717, 1.165) is 0 Å². The lowest BCUT2D eigenvalue weighted by molar-refractivity contribution is -0.147. The van der Waals surface area contributed by atoms with Gasteiger partial charge in [-0.25, -0.2) is 4.79 Å². The molecular formula is C17H28N4O7S. The summed E-state index contributed by atoms with van der Waals surface area (Å²) in [6.07, 6.45) is 0.202. The van der Waals surface area contributed by atoms with E-state index < -0.39 is 66.2 Å². The van der Waals surface area contributed by atoms with Crippen molar-refractivity contribution < 1.29 is 34.2 Å². The summed E-state index contributed by atoms with van der Waals surface area (Å²) >= 11 is 3.99. The summed E-state index contributed by atoms with van der Waals surface area (Å²) in [5.41, 5.74) is 5.71. The molecule has 0 aromatic rings. The van der Waals surface area contributed by atoms with Crippen molar-refractivity contribution in [3.8, 4) is 0 Å². The van der Waals surface area contributed by atoms with Gasteiger partial charge in [0, 0.05) is 12.3 Å². The maximum atomic E-state index is 12.7. The van der Waals surface area contributed by atoms with E-state index in [-0.39, 0.29) is 5.75 Å². The number of nitrogens with one attached hydrogen (secondary N) is 2. The molecule has 12 heteroatoms. The Morgan fingerprint density at radius 3 is 2.28 bits per heavy atom. The molecule has 1 heterocycles. The number of hydrogen-bond donors (Lipinski definition) is 6. The molecule has 0 aromatic carbocycles. The van der Waals surface area contributed by atoms with E-state index in [2.05, 4.69) is 23.3 Å². The van der Waals surface area contributed by atoms with Gasteiger partial charge in [-0.1, -0.05) is 13.8 Å². The van der Waals surface area contributed by atoms with Crippen LogP contribution in [0.1, 0.15) is 33.1 Å². The minimum absolute atomic E-state index is 0.126. The Morgan fingerprint density at radius 2 is 1.79 bits per heavy atom. The van der Waals surface area contributed by atoms with Crippen molar-refractivity contribution in [1.29, 1.82) is 0 Å². The summed E-state index contributed by atoms with van der Waals surface area (Å²) in [7, 11) is 0. The molecular weight excluding hydrogens is 404 g/mol.